The first kappa shape index (κ1) is 78.0. The summed E-state index contributed by atoms with van der Waals surface area (Å²) in [5, 5.41) is 121. The zero-order valence-corrected chi connectivity index (χ0v) is 52.8. The fourth-order valence-electron chi connectivity index (χ4n) is 11.4. The monoisotopic (exact) mass is 1230 g/mol. The fourth-order valence-corrected chi connectivity index (χ4v) is 11.4. The quantitative estimate of drug-likeness (QED) is 0.0202. The first-order valence-electron chi connectivity index (χ1n) is 33.9. The minimum Gasteiger partial charge on any atom is -0.394 e. The lowest BCUT2D eigenvalue weighted by molar-refractivity contribution is -0.379. The van der Waals surface area contributed by atoms with Crippen LogP contribution >= 0.6 is 0 Å². The van der Waals surface area contributed by atoms with Crippen molar-refractivity contribution in [2.24, 2.45) is 0 Å². The molecule has 0 spiro atoms. The number of carbonyl (C=O) groups is 1. The number of hydrogen-bond acceptors (Lipinski definition) is 18. The van der Waals surface area contributed by atoms with Crippen LogP contribution in [0.2, 0.25) is 0 Å². The highest BCUT2D eigenvalue weighted by Crippen LogP contribution is 2.33. The molecule has 0 aliphatic carbocycles. The van der Waals surface area contributed by atoms with Crippen LogP contribution in [0.3, 0.4) is 0 Å². The van der Waals surface area contributed by atoms with E-state index in [2.05, 4.69) is 67.8 Å². The van der Waals surface area contributed by atoms with Gasteiger partial charge in [-0.15, -0.1) is 0 Å². The summed E-state index contributed by atoms with van der Waals surface area (Å²) in [6.07, 6.45) is 30.4. The molecule has 0 aromatic rings. The third-order valence-corrected chi connectivity index (χ3v) is 16.9. The smallest absolute Gasteiger partial charge is 0.220 e. The number of rotatable bonds is 51. The predicted molar refractivity (Wildman–Crippen MR) is 332 cm³/mol. The van der Waals surface area contributed by atoms with Crippen LogP contribution in [0.5, 0.6) is 0 Å². The largest absolute Gasteiger partial charge is 0.394 e. The maximum Gasteiger partial charge on any atom is 0.220 e. The van der Waals surface area contributed by atoms with Gasteiger partial charge in [-0.2, -0.15) is 0 Å². The zero-order chi connectivity index (χ0) is 62.6. The summed E-state index contributed by atoms with van der Waals surface area (Å²) in [5.41, 5.74) is 0. The van der Waals surface area contributed by atoms with Gasteiger partial charge in [0.2, 0.25) is 5.91 Å². The molecule has 3 fully saturated rings. The Bertz CT molecular complexity index is 1750. The molecule has 86 heavy (non-hydrogen) atoms. The molecule has 17 unspecified atom stereocenters. The normalized spacial score (nSPS) is 29.1. The van der Waals surface area contributed by atoms with Crippen LogP contribution in [0.4, 0.5) is 0 Å². The molecule has 0 saturated carbocycles. The lowest BCUT2D eigenvalue weighted by Gasteiger charge is -2.48. The van der Waals surface area contributed by atoms with E-state index in [0.717, 1.165) is 77.0 Å². The van der Waals surface area contributed by atoms with Crippen molar-refractivity contribution in [1.82, 2.24) is 5.32 Å². The molecule has 3 aliphatic rings. The highest BCUT2D eigenvalue weighted by Gasteiger charge is 2.53. The molecule has 19 nitrogen and oxygen atoms in total. The molecule has 3 aliphatic heterocycles. The topological polar surface area (TPSA) is 307 Å². The first-order chi connectivity index (χ1) is 41.8. The molecule has 0 bridgehead atoms. The van der Waals surface area contributed by atoms with E-state index >= 15 is 0 Å². The van der Waals surface area contributed by atoms with Crippen molar-refractivity contribution in [1.29, 1.82) is 0 Å². The van der Waals surface area contributed by atoms with E-state index in [1.165, 1.54) is 128 Å². The summed E-state index contributed by atoms with van der Waals surface area (Å²) >= 11 is 0. The maximum atomic E-state index is 13.4. The van der Waals surface area contributed by atoms with Crippen LogP contribution in [0.15, 0.2) is 48.6 Å². The molecule has 17 atom stereocenters. The zero-order valence-electron chi connectivity index (χ0n) is 52.8. The molecule has 12 N–H and O–H groups in total. The number of ether oxygens (including phenoxy) is 6. The van der Waals surface area contributed by atoms with Gasteiger partial charge in [-0.3, -0.25) is 4.79 Å². The molecule has 0 aromatic carbocycles. The van der Waals surface area contributed by atoms with Crippen LogP contribution in [-0.2, 0) is 33.2 Å². The van der Waals surface area contributed by atoms with Crippen LogP contribution in [-0.4, -0.2) is 193 Å². The third kappa shape index (κ3) is 31.7. The Kier molecular flexibility index (Phi) is 44.8. The van der Waals surface area contributed by atoms with Gasteiger partial charge in [0.05, 0.1) is 38.6 Å². The van der Waals surface area contributed by atoms with Gasteiger partial charge in [-0.25, -0.2) is 0 Å². The SMILES string of the molecule is CC/C=C\C/C=C\C/C=C\C/C=C\CCCCCCCCCCCCCCC(=O)NC(COC1OC(CO)C(OC2OC(CO)C(OC3OC(CO)C(O)C(O)C3O)C(O)C2O)C(O)C1O)C(O)CCCCCCCCCCCCCCCCCC. The summed E-state index contributed by atoms with van der Waals surface area (Å²) in [4.78, 5) is 13.4. The van der Waals surface area contributed by atoms with Gasteiger partial charge in [0, 0.05) is 6.42 Å². The number of aliphatic hydroxyl groups excluding tert-OH is 11. The molecule has 0 aromatic heterocycles. The van der Waals surface area contributed by atoms with Gasteiger partial charge in [-0.05, 0) is 51.4 Å². The van der Waals surface area contributed by atoms with Gasteiger partial charge in [0.25, 0.3) is 0 Å². The summed E-state index contributed by atoms with van der Waals surface area (Å²) in [7, 11) is 0. The minimum absolute atomic E-state index is 0.245. The number of hydrogen-bond donors (Lipinski definition) is 12. The van der Waals surface area contributed by atoms with Crippen molar-refractivity contribution < 1.29 is 89.4 Å². The number of allylic oxidation sites excluding steroid dienone is 8. The fraction of sp³-hybridized carbons (Fsp3) is 0.866. The molecule has 3 heterocycles. The van der Waals surface area contributed by atoms with E-state index in [1.807, 2.05) is 0 Å². The minimum atomic E-state index is -1.97. The molecule has 3 rings (SSSR count). The molecule has 3 saturated heterocycles. The molecular weight excluding hydrogens is 1110 g/mol. The van der Waals surface area contributed by atoms with Gasteiger partial charge in [0.15, 0.2) is 18.9 Å². The maximum absolute atomic E-state index is 13.4. The molecule has 19 heteroatoms. The first-order valence-corrected chi connectivity index (χ1v) is 33.9. The van der Waals surface area contributed by atoms with E-state index in [4.69, 9.17) is 28.4 Å². The van der Waals surface area contributed by atoms with Crippen molar-refractivity contribution in [2.45, 2.75) is 343 Å². The second-order valence-electron chi connectivity index (χ2n) is 24.3. The predicted octanol–water partition coefficient (Wildman–Crippen LogP) is 8.22. The van der Waals surface area contributed by atoms with Crippen molar-refractivity contribution >= 4 is 5.91 Å². The average molecular weight is 1230 g/mol. The molecule has 1 amide bonds. The summed E-state index contributed by atoms with van der Waals surface area (Å²) < 4.78 is 34.4. The Morgan fingerprint density at radius 1 is 0.430 bits per heavy atom. The van der Waals surface area contributed by atoms with E-state index < -0.39 is 124 Å². The van der Waals surface area contributed by atoms with Gasteiger partial charge in [0.1, 0.15) is 73.2 Å². The lowest BCUT2D eigenvalue weighted by Crippen LogP contribution is -2.66. The van der Waals surface area contributed by atoms with Crippen LogP contribution in [0.1, 0.15) is 239 Å². The Morgan fingerprint density at radius 3 is 1.26 bits per heavy atom. The van der Waals surface area contributed by atoms with Gasteiger partial charge >= 0.3 is 0 Å². The second kappa shape index (κ2) is 49.5. The molecule has 502 valence electrons. The van der Waals surface area contributed by atoms with Crippen molar-refractivity contribution in [2.75, 3.05) is 26.4 Å². The number of aliphatic hydroxyl groups is 11. The lowest BCUT2D eigenvalue weighted by atomic mass is 9.96. The highest BCUT2D eigenvalue weighted by atomic mass is 16.8. The van der Waals surface area contributed by atoms with Crippen molar-refractivity contribution in [3.05, 3.63) is 48.6 Å². The standard InChI is InChI=1S/C67H121NO18/c1-3-5-7-9-11-13-15-17-19-21-22-23-24-25-26-27-28-29-31-33-35-37-39-41-43-45-55(73)68-50(51(72)44-42-40-38-36-34-32-30-20-18-16-14-12-10-8-6-4-2)49-81-65-61(79)58(76)63(53(47-70)83-65)86-67-62(80)59(77)64(54(48-71)84-67)85-66-60(78)57(75)56(74)52(46-69)82-66/h5,7,11,13,17,19,22-23,50-54,56-67,69-72,74-80H,3-4,6,8-10,12,14-16,18,20-21,24-49H2,1-2H3,(H,68,73)/b7-5-,13-11-,19-17-,23-22-. The van der Waals surface area contributed by atoms with E-state index in [9.17, 15) is 61.0 Å². The van der Waals surface area contributed by atoms with E-state index in [-0.39, 0.29) is 18.9 Å². The molecular formula is C67H121NO18. The number of carbonyl (C=O) groups excluding carboxylic acids is 1. The summed E-state index contributed by atoms with van der Waals surface area (Å²) in [6, 6.07) is -0.889. The Morgan fingerprint density at radius 2 is 0.802 bits per heavy atom. The average Bonchev–Trinajstić information content (AvgIpc) is 3.70. The molecule has 0 radical (unpaired) electrons. The summed E-state index contributed by atoms with van der Waals surface area (Å²) in [6.45, 7) is 1.69. The third-order valence-electron chi connectivity index (χ3n) is 16.9. The van der Waals surface area contributed by atoms with Crippen LogP contribution < -0.4 is 5.32 Å². The number of nitrogens with one attached hydrogen (secondary N) is 1. The highest BCUT2D eigenvalue weighted by molar-refractivity contribution is 5.76. The van der Waals surface area contributed by atoms with Crippen molar-refractivity contribution in [3.8, 4) is 0 Å². The second-order valence-corrected chi connectivity index (χ2v) is 24.3. The number of unbranched alkanes of at least 4 members (excludes halogenated alkanes) is 27. The Balaban J connectivity index is 1.43. The Labute approximate surface area is 516 Å². The van der Waals surface area contributed by atoms with Gasteiger partial charge < -0.3 is 89.9 Å². The van der Waals surface area contributed by atoms with Gasteiger partial charge in [-0.1, -0.05) is 229 Å². The van der Waals surface area contributed by atoms with Crippen LogP contribution in [0.25, 0.3) is 0 Å². The van der Waals surface area contributed by atoms with Crippen LogP contribution in [0, 0.1) is 0 Å². The van der Waals surface area contributed by atoms with Crippen molar-refractivity contribution in [3.63, 3.8) is 0 Å². The van der Waals surface area contributed by atoms with E-state index in [1.54, 1.807) is 0 Å². The number of amides is 1. The van der Waals surface area contributed by atoms with E-state index in [0.29, 0.717) is 12.8 Å². The summed E-state index contributed by atoms with van der Waals surface area (Å²) in [5.74, 6) is -0.245. The Hall–Kier alpha value is -2.25.